The zero-order valence-corrected chi connectivity index (χ0v) is 17.0. The molecule has 1 fully saturated rings. The second-order valence-corrected chi connectivity index (χ2v) is 7.99. The molecule has 0 radical (unpaired) electrons. The first-order valence-electron chi connectivity index (χ1n) is 10.4. The van der Waals surface area contributed by atoms with Gasteiger partial charge in [-0.3, -0.25) is 0 Å². The van der Waals surface area contributed by atoms with Crippen LogP contribution in [0.25, 0.3) is 27.9 Å². The molecule has 0 aromatic carbocycles. The molecule has 2 N–H and O–H groups in total. The van der Waals surface area contributed by atoms with Crippen molar-refractivity contribution >= 4 is 22.6 Å². The van der Waals surface area contributed by atoms with Crippen molar-refractivity contribution in [2.75, 3.05) is 5.32 Å². The Bertz CT molecular complexity index is 1230. The minimum absolute atomic E-state index is 0.209. The number of alkyl halides is 2. The predicted molar refractivity (Wildman–Crippen MR) is 112 cm³/mol. The van der Waals surface area contributed by atoms with Crippen LogP contribution in [0.5, 0.6) is 0 Å². The minimum atomic E-state index is -2.48. The third kappa shape index (κ3) is 3.83. The molecule has 0 atom stereocenters. The van der Waals surface area contributed by atoms with Crippen LogP contribution in [0.1, 0.15) is 31.5 Å². The van der Waals surface area contributed by atoms with Crippen LogP contribution in [0.4, 0.5) is 14.7 Å². The van der Waals surface area contributed by atoms with E-state index in [0.29, 0.717) is 28.6 Å². The zero-order chi connectivity index (χ0) is 21.5. The fourth-order valence-electron chi connectivity index (χ4n) is 4.21. The Kier molecular flexibility index (Phi) is 5.01. The van der Waals surface area contributed by atoms with Gasteiger partial charge < -0.3 is 15.0 Å². The Balaban J connectivity index is 1.45. The lowest BCUT2D eigenvalue weighted by molar-refractivity contribution is 0.125. The van der Waals surface area contributed by atoms with Crippen LogP contribution < -0.4 is 5.32 Å². The van der Waals surface area contributed by atoms with Crippen LogP contribution in [-0.4, -0.2) is 52.8 Å². The van der Waals surface area contributed by atoms with Gasteiger partial charge in [0, 0.05) is 17.8 Å². The van der Waals surface area contributed by atoms with E-state index in [-0.39, 0.29) is 12.1 Å². The van der Waals surface area contributed by atoms with Gasteiger partial charge in [0.05, 0.1) is 30.1 Å². The van der Waals surface area contributed by atoms with Gasteiger partial charge in [0.25, 0.3) is 6.43 Å². The van der Waals surface area contributed by atoms with Gasteiger partial charge in [-0.2, -0.15) is 0 Å². The summed E-state index contributed by atoms with van der Waals surface area (Å²) in [6, 6.07) is 5.76. The van der Waals surface area contributed by atoms with Crippen molar-refractivity contribution in [2.45, 2.75) is 57.7 Å². The van der Waals surface area contributed by atoms with Gasteiger partial charge in [-0.05, 0) is 50.8 Å². The van der Waals surface area contributed by atoms with Gasteiger partial charge in [0.1, 0.15) is 11.3 Å². The second-order valence-electron chi connectivity index (χ2n) is 7.99. The van der Waals surface area contributed by atoms with Gasteiger partial charge in [0.2, 0.25) is 5.95 Å². The van der Waals surface area contributed by atoms with Gasteiger partial charge >= 0.3 is 0 Å². The van der Waals surface area contributed by atoms with E-state index in [1.165, 1.54) is 4.57 Å². The molecule has 0 spiro atoms. The molecule has 162 valence electrons. The zero-order valence-electron chi connectivity index (χ0n) is 17.0. The molecule has 1 saturated carbocycles. The molecule has 4 aromatic heterocycles. The Hall–Kier alpha value is -3.14. The highest BCUT2D eigenvalue weighted by Gasteiger charge is 2.20. The van der Waals surface area contributed by atoms with E-state index >= 15 is 0 Å². The smallest absolute Gasteiger partial charge is 0.256 e. The molecular formula is C21H23F2N7O. The third-order valence-corrected chi connectivity index (χ3v) is 5.83. The Morgan fingerprint density at radius 2 is 1.97 bits per heavy atom. The number of aliphatic hydroxyl groups excluding tert-OH is 1. The Morgan fingerprint density at radius 1 is 1.16 bits per heavy atom. The normalized spacial score (nSPS) is 19.5. The van der Waals surface area contributed by atoms with Crippen molar-refractivity contribution < 1.29 is 13.9 Å². The molecule has 10 heteroatoms. The highest BCUT2D eigenvalue weighted by atomic mass is 19.3. The van der Waals surface area contributed by atoms with Crippen LogP contribution in [0.3, 0.4) is 0 Å². The SMILES string of the molecule is Cc1nc2ccc(-c3ccn4nc(NC5CCC(O)CC5)ncc34)nc2n1CC(F)F. The molecule has 8 nitrogen and oxygen atoms in total. The fraction of sp³-hybridized carbons (Fsp3) is 0.429. The van der Waals surface area contributed by atoms with Crippen LogP contribution in [0.15, 0.2) is 30.6 Å². The number of aryl methyl sites for hydroxylation is 1. The number of hydrogen-bond donors (Lipinski definition) is 2. The van der Waals surface area contributed by atoms with Crippen molar-refractivity contribution in [3.05, 3.63) is 36.4 Å². The molecule has 0 bridgehead atoms. The minimum Gasteiger partial charge on any atom is -0.393 e. The number of aromatic nitrogens is 6. The topological polar surface area (TPSA) is 93.2 Å². The van der Waals surface area contributed by atoms with Crippen molar-refractivity contribution in [2.24, 2.45) is 0 Å². The quantitative estimate of drug-likeness (QED) is 0.507. The number of anilines is 1. The predicted octanol–water partition coefficient (Wildman–Crippen LogP) is 3.43. The maximum atomic E-state index is 13.0. The molecule has 0 saturated heterocycles. The summed E-state index contributed by atoms with van der Waals surface area (Å²) in [5, 5.41) is 17.5. The maximum absolute atomic E-state index is 13.0. The van der Waals surface area contributed by atoms with Crippen molar-refractivity contribution in [1.29, 1.82) is 0 Å². The Labute approximate surface area is 177 Å². The molecule has 31 heavy (non-hydrogen) atoms. The lowest BCUT2D eigenvalue weighted by Gasteiger charge is -2.26. The van der Waals surface area contributed by atoms with Crippen molar-refractivity contribution in [3.8, 4) is 11.3 Å². The number of imidazole rings is 1. The van der Waals surface area contributed by atoms with Crippen LogP contribution >= 0.6 is 0 Å². The summed E-state index contributed by atoms with van der Waals surface area (Å²) in [6.45, 7) is 1.26. The standard InChI is InChI=1S/C21H23F2N7O/c1-12-25-17-7-6-16(27-20(17)29(12)11-19(22)23)15-8-9-30-18(15)10-24-21(28-30)26-13-2-4-14(31)5-3-13/h6-10,13-14,19,31H,2-5,11H2,1H3,(H,26,28). The number of rotatable bonds is 5. The first-order valence-corrected chi connectivity index (χ1v) is 10.4. The summed E-state index contributed by atoms with van der Waals surface area (Å²) in [6.07, 6.45) is 4.20. The Morgan fingerprint density at radius 3 is 2.74 bits per heavy atom. The highest BCUT2D eigenvalue weighted by molar-refractivity contribution is 5.82. The number of nitrogens with one attached hydrogen (secondary N) is 1. The van der Waals surface area contributed by atoms with E-state index in [2.05, 4.69) is 25.4 Å². The molecule has 0 aliphatic heterocycles. The number of nitrogens with zero attached hydrogens (tertiary/aromatic N) is 6. The van der Waals surface area contributed by atoms with Crippen LogP contribution in [0.2, 0.25) is 0 Å². The number of fused-ring (bicyclic) bond motifs is 2. The summed E-state index contributed by atoms with van der Waals surface area (Å²) in [7, 11) is 0. The van der Waals surface area contributed by atoms with E-state index in [1.54, 1.807) is 23.7 Å². The van der Waals surface area contributed by atoms with E-state index < -0.39 is 13.0 Å². The lowest BCUT2D eigenvalue weighted by Crippen LogP contribution is -2.29. The summed E-state index contributed by atoms with van der Waals surface area (Å²) >= 11 is 0. The number of aliphatic hydroxyl groups is 1. The monoisotopic (exact) mass is 427 g/mol. The molecular weight excluding hydrogens is 404 g/mol. The average molecular weight is 427 g/mol. The number of pyridine rings is 1. The number of hydrogen-bond acceptors (Lipinski definition) is 6. The molecule has 1 aliphatic carbocycles. The van der Waals surface area contributed by atoms with E-state index in [9.17, 15) is 13.9 Å². The molecule has 0 amide bonds. The first-order chi connectivity index (χ1) is 15.0. The van der Waals surface area contributed by atoms with Gasteiger partial charge in [-0.25, -0.2) is 28.2 Å². The molecule has 1 aliphatic rings. The molecule has 4 aromatic rings. The van der Waals surface area contributed by atoms with Crippen molar-refractivity contribution in [1.82, 2.24) is 29.1 Å². The highest BCUT2D eigenvalue weighted by Crippen LogP contribution is 2.27. The first kappa shape index (κ1) is 19.8. The summed E-state index contributed by atoms with van der Waals surface area (Å²) in [5.41, 5.74) is 3.26. The lowest BCUT2D eigenvalue weighted by atomic mass is 9.93. The molecule has 0 unspecified atom stereocenters. The summed E-state index contributed by atoms with van der Waals surface area (Å²) < 4.78 is 29.2. The largest absolute Gasteiger partial charge is 0.393 e. The summed E-state index contributed by atoms with van der Waals surface area (Å²) in [5.74, 6) is 1.04. The van der Waals surface area contributed by atoms with Crippen LogP contribution in [-0.2, 0) is 6.54 Å². The fourth-order valence-corrected chi connectivity index (χ4v) is 4.21. The van der Waals surface area contributed by atoms with E-state index in [4.69, 9.17) is 0 Å². The van der Waals surface area contributed by atoms with Gasteiger partial charge in [-0.1, -0.05) is 0 Å². The molecule has 5 rings (SSSR count). The average Bonchev–Trinajstić information content (AvgIpc) is 3.30. The third-order valence-electron chi connectivity index (χ3n) is 5.83. The maximum Gasteiger partial charge on any atom is 0.256 e. The van der Waals surface area contributed by atoms with Gasteiger partial charge in [0.15, 0.2) is 5.65 Å². The second kappa shape index (κ2) is 7.84. The van der Waals surface area contributed by atoms with Crippen LogP contribution in [0, 0.1) is 6.92 Å². The molecule has 4 heterocycles. The van der Waals surface area contributed by atoms with Crippen molar-refractivity contribution in [3.63, 3.8) is 0 Å². The van der Waals surface area contributed by atoms with E-state index in [0.717, 1.165) is 36.8 Å². The van der Waals surface area contributed by atoms with Gasteiger partial charge in [-0.15, -0.1) is 5.10 Å². The summed E-state index contributed by atoms with van der Waals surface area (Å²) in [4.78, 5) is 13.4. The van der Waals surface area contributed by atoms with E-state index in [1.807, 2.05) is 18.3 Å². The number of halogens is 2.